The van der Waals surface area contributed by atoms with Crippen molar-refractivity contribution in [3.8, 4) is 5.75 Å². The number of carbonyl (C=O) groups is 1. The summed E-state index contributed by atoms with van der Waals surface area (Å²) in [7, 11) is 1.66. The summed E-state index contributed by atoms with van der Waals surface area (Å²) in [6, 6.07) is 11.4. The normalized spacial score (nSPS) is 15.0. The zero-order valence-corrected chi connectivity index (χ0v) is 14.5. The van der Waals surface area contributed by atoms with Crippen molar-refractivity contribution in [1.29, 1.82) is 0 Å². The number of carbonyl (C=O) groups excluding carboxylic acids is 1. The molecule has 0 radical (unpaired) electrons. The monoisotopic (exact) mass is 341 g/mol. The third kappa shape index (κ3) is 4.02. The number of aromatic amines is 1. The Morgan fingerprint density at radius 2 is 2.00 bits per heavy atom. The second-order valence-electron chi connectivity index (χ2n) is 6.32. The molecule has 1 aromatic carbocycles. The van der Waals surface area contributed by atoms with E-state index in [1.807, 2.05) is 18.2 Å². The number of benzene rings is 1. The standard InChI is InChI=1S/C19H23N3O3/c1-13-6-7-17(18(23)20-13)19(24)21-14-8-10-22(11-9-14)15-4-3-5-16(12-15)25-2/h3-7,12,14H,8-11H2,1-2H3,(H,20,23)(H,21,24). The van der Waals surface area contributed by atoms with Gasteiger partial charge < -0.3 is 19.9 Å². The maximum atomic E-state index is 12.3. The van der Waals surface area contributed by atoms with E-state index >= 15 is 0 Å². The van der Waals surface area contributed by atoms with Crippen molar-refractivity contribution in [3.63, 3.8) is 0 Å². The average molecular weight is 341 g/mol. The Balaban J connectivity index is 1.59. The summed E-state index contributed by atoms with van der Waals surface area (Å²) in [6.07, 6.45) is 1.68. The van der Waals surface area contributed by atoms with Crippen molar-refractivity contribution in [1.82, 2.24) is 10.3 Å². The second kappa shape index (κ2) is 7.42. The van der Waals surface area contributed by atoms with Gasteiger partial charge >= 0.3 is 0 Å². The highest BCUT2D eigenvalue weighted by atomic mass is 16.5. The van der Waals surface area contributed by atoms with E-state index in [9.17, 15) is 9.59 Å². The lowest BCUT2D eigenvalue weighted by Crippen LogP contribution is -2.45. The van der Waals surface area contributed by atoms with Gasteiger partial charge in [-0.3, -0.25) is 9.59 Å². The van der Waals surface area contributed by atoms with Crippen LogP contribution in [0.3, 0.4) is 0 Å². The predicted octanol–water partition coefficient (Wildman–Crippen LogP) is 2.09. The fourth-order valence-electron chi connectivity index (χ4n) is 3.10. The van der Waals surface area contributed by atoms with Gasteiger partial charge in [0.15, 0.2) is 0 Å². The first-order chi connectivity index (χ1) is 12.1. The van der Waals surface area contributed by atoms with Gasteiger partial charge in [0, 0.05) is 36.6 Å². The van der Waals surface area contributed by atoms with Crippen LogP contribution in [0.25, 0.3) is 0 Å². The fraction of sp³-hybridized carbons (Fsp3) is 0.368. The molecule has 1 saturated heterocycles. The Morgan fingerprint density at radius 1 is 1.24 bits per heavy atom. The van der Waals surface area contributed by atoms with Crippen molar-refractivity contribution >= 4 is 11.6 Å². The number of nitrogens with zero attached hydrogens (tertiary/aromatic N) is 1. The van der Waals surface area contributed by atoms with Crippen LogP contribution in [0.5, 0.6) is 5.75 Å². The van der Waals surface area contributed by atoms with E-state index < -0.39 is 0 Å². The van der Waals surface area contributed by atoms with E-state index in [0.717, 1.165) is 43.1 Å². The Kier molecular flexibility index (Phi) is 5.07. The molecular formula is C19H23N3O3. The van der Waals surface area contributed by atoms with Crippen LogP contribution >= 0.6 is 0 Å². The number of ether oxygens (including phenoxy) is 1. The number of aromatic nitrogens is 1. The van der Waals surface area contributed by atoms with Crippen LogP contribution < -0.4 is 20.5 Å². The highest BCUT2D eigenvalue weighted by Gasteiger charge is 2.22. The summed E-state index contributed by atoms with van der Waals surface area (Å²) in [5.41, 5.74) is 1.69. The maximum Gasteiger partial charge on any atom is 0.260 e. The number of methoxy groups -OCH3 is 1. The van der Waals surface area contributed by atoms with Crippen molar-refractivity contribution in [3.05, 3.63) is 58.0 Å². The molecule has 0 spiro atoms. The molecular weight excluding hydrogens is 318 g/mol. The predicted molar refractivity (Wildman–Crippen MR) is 97.5 cm³/mol. The molecule has 1 fully saturated rings. The lowest BCUT2D eigenvalue weighted by Gasteiger charge is -2.34. The third-order valence-corrected chi connectivity index (χ3v) is 4.55. The van der Waals surface area contributed by atoms with E-state index in [0.29, 0.717) is 0 Å². The summed E-state index contributed by atoms with van der Waals surface area (Å²) in [5, 5.41) is 2.98. The zero-order chi connectivity index (χ0) is 17.8. The molecule has 1 amide bonds. The Morgan fingerprint density at radius 3 is 2.68 bits per heavy atom. The topological polar surface area (TPSA) is 74.4 Å². The van der Waals surface area contributed by atoms with Gasteiger partial charge in [-0.05, 0) is 44.0 Å². The van der Waals surface area contributed by atoms with E-state index in [1.165, 1.54) is 0 Å². The van der Waals surface area contributed by atoms with Crippen LogP contribution in [-0.4, -0.2) is 37.1 Å². The second-order valence-corrected chi connectivity index (χ2v) is 6.32. The number of amides is 1. The van der Waals surface area contributed by atoms with E-state index in [-0.39, 0.29) is 23.1 Å². The van der Waals surface area contributed by atoms with Crippen LogP contribution in [0.1, 0.15) is 28.9 Å². The molecule has 0 saturated carbocycles. The Labute approximate surface area is 146 Å². The lowest BCUT2D eigenvalue weighted by molar-refractivity contribution is 0.0929. The van der Waals surface area contributed by atoms with Gasteiger partial charge in [0.25, 0.3) is 11.5 Å². The van der Waals surface area contributed by atoms with E-state index in [1.54, 1.807) is 26.2 Å². The van der Waals surface area contributed by atoms with Crippen molar-refractivity contribution < 1.29 is 9.53 Å². The van der Waals surface area contributed by atoms with Crippen LogP contribution in [0.4, 0.5) is 5.69 Å². The average Bonchev–Trinajstić information content (AvgIpc) is 2.62. The SMILES string of the molecule is COc1cccc(N2CCC(NC(=O)c3ccc(C)[nH]c3=O)CC2)c1. The number of aryl methyl sites for hydroxylation is 1. The molecule has 0 aliphatic carbocycles. The van der Waals surface area contributed by atoms with Crippen molar-refractivity contribution in [2.75, 3.05) is 25.1 Å². The van der Waals surface area contributed by atoms with Crippen molar-refractivity contribution in [2.24, 2.45) is 0 Å². The number of nitrogens with one attached hydrogen (secondary N) is 2. The molecule has 1 aromatic heterocycles. The molecule has 132 valence electrons. The molecule has 0 atom stereocenters. The largest absolute Gasteiger partial charge is 0.497 e. The van der Waals surface area contributed by atoms with Crippen LogP contribution in [-0.2, 0) is 0 Å². The fourth-order valence-corrected chi connectivity index (χ4v) is 3.10. The quantitative estimate of drug-likeness (QED) is 0.893. The number of H-pyrrole nitrogens is 1. The lowest BCUT2D eigenvalue weighted by atomic mass is 10.0. The van der Waals surface area contributed by atoms with Gasteiger partial charge in [-0.2, -0.15) is 0 Å². The highest BCUT2D eigenvalue weighted by molar-refractivity contribution is 5.94. The number of anilines is 1. The summed E-state index contributed by atoms with van der Waals surface area (Å²) in [5.74, 6) is 0.535. The summed E-state index contributed by atoms with van der Waals surface area (Å²) >= 11 is 0. The molecule has 25 heavy (non-hydrogen) atoms. The number of rotatable bonds is 4. The molecule has 1 aliphatic heterocycles. The van der Waals surface area contributed by atoms with Crippen LogP contribution in [0.2, 0.25) is 0 Å². The molecule has 2 aromatic rings. The van der Waals surface area contributed by atoms with Gasteiger partial charge in [0.2, 0.25) is 0 Å². The smallest absolute Gasteiger partial charge is 0.260 e. The Bertz CT molecular complexity index is 808. The van der Waals surface area contributed by atoms with Gasteiger partial charge in [0.05, 0.1) is 7.11 Å². The minimum Gasteiger partial charge on any atom is -0.497 e. The minimum atomic E-state index is -0.341. The molecule has 3 rings (SSSR count). The van der Waals surface area contributed by atoms with Crippen molar-refractivity contribution in [2.45, 2.75) is 25.8 Å². The zero-order valence-electron chi connectivity index (χ0n) is 14.5. The molecule has 0 bridgehead atoms. The maximum absolute atomic E-state index is 12.3. The summed E-state index contributed by atoms with van der Waals surface area (Å²) in [4.78, 5) is 29.1. The highest BCUT2D eigenvalue weighted by Crippen LogP contribution is 2.24. The molecule has 2 N–H and O–H groups in total. The van der Waals surface area contributed by atoms with Crippen LogP contribution in [0, 0.1) is 6.92 Å². The molecule has 2 heterocycles. The first kappa shape index (κ1) is 17.1. The number of hydrogen-bond donors (Lipinski definition) is 2. The van der Waals surface area contributed by atoms with Gasteiger partial charge in [-0.1, -0.05) is 6.07 Å². The van der Waals surface area contributed by atoms with Gasteiger partial charge in [-0.25, -0.2) is 0 Å². The summed E-state index contributed by atoms with van der Waals surface area (Å²) < 4.78 is 5.27. The van der Waals surface area contributed by atoms with E-state index in [2.05, 4.69) is 21.3 Å². The number of hydrogen-bond acceptors (Lipinski definition) is 4. The number of pyridine rings is 1. The van der Waals surface area contributed by atoms with Gasteiger partial charge in [0.1, 0.15) is 11.3 Å². The van der Waals surface area contributed by atoms with E-state index in [4.69, 9.17) is 4.74 Å². The summed E-state index contributed by atoms with van der Waals surface area (Å²) in [6.45, 7) is 3.49. The molecule has 1 aliphatic rings. The molecule has 0 unspecified atom stereocenters. The third-order valence-electron chi connectivity index (χ3n) is 4.55. The van der Waals surface area contributed by atoms with Gasteiger partial charge in [-0.15, -0.1) is 0 Å². The Hall–Kier alpha value is -2.76. The number of piperidine rings is 1. The first-order valence-corrected chi connectivity index (χ1v) is 8.46. The first-order valence-electron chi connectivity index (χ1n) is 8.46. The molecule has 6 heteroatoms. The van der Waals surface area contributed by atoms with Crippen LogP contribution in [0.15, 0.2) is 41.2 Å². The molecule has 6 nitrogen and oxygen atoms in total. The minimum absolute atomic E-state index is 0.0788.